The van der Waals surface area contributed by atoms with E-state index in [1.807, 2.05) is 0 Å². The van der Waals surface area contributed by atoms with Gasteiger partial charge in [0.2, 0.25) is 0 Å². The Hall–Kier alpha value is -1.54. The summed E-state index contributed by atoms with van der Waals surface area (Å²) in [5, 5.41) is 0. The van der Waals surface area contributed by atoms with Crippen molar-refractivity contribution >= 4 is 23.9 Å². The Morgan fingerprint density at radius 1 is 0.459 bits per heavy atom. The topological polar surface area (TPSA) is 0 Å². The first-order valence-electron chi connectivity index (χ1n) is 14.2. The van der Waals surface area contributed by atoms with Crippen molar-refractivity contribution in [1.29, 1.82) is 0 Å². The molecular formula is C36H51Sn. The van der Waals surface area contributed by atoms with Crippen LogP contribution in [-0.2, 0) is 0 Å². The van der Waals surface area contributed by atoms with Crippen LogP contribution in [0.15, 0.2) is 42.5 Å². The van der Waals surface area contributed by atoms with E-state index in [2.05, 4.69) is 132 Å². The van der Waals surface area contributed by atoms with E-state index in [0.717, 1.165) is 0 Å². The quantitative estimate of drug-likeness (QED) is 0.225. The molecule has 0 aliphatic heterocycles. The van der Waals surface area contributed by atoms with Gasteiger partial charge in [-0.05, 0) is 97.2 Å². The second-order valence-electron chi connectivity index (χ2n) is 12.6. The Kier molecular flexibility index (Phi) is 11.1. The SMILES string of the molecule is CC(C)c1cc(C(C)C)c(-c2[c]c(-c3c(C(C)C)cc(C(C)C)cc3C(C)C)ccc2)c(C(C)C)c1.[HH].[Sn]. The molecule has 0 amide bonds. The normalized spacial score (nSPS) is 11.9. The maximum Gasteiger partial charge on any atom is 0 e. The van der Waals surface area contributed by atoms with Crippen LogP contribution < -0.4 is 0 Å². The molecule has 0 unspecified atom stereocenters. The molecule has 37 heavy (non-hydrogen) atoms. The summed E-state index contributed by atoms with van der Waals surface area (Å²) in [4.78, 5) is 0. The van der Waals surface area contributed by atoms with Crippen molar-refractivity contribution in [3.8, 4) is 22.3 Å². The Morgan fingerprint density at radius 2 is 0.730 bits per heavy atom. The van der Waals surface area contributed by atoms with Gasteiger partial charge >= 0.3 is 0 Å². The first-order valence-corrected chi connectivity index (χ1v) is 14.2. The van der Waals surface area contributed by atoms with Gasteiger partial charge in [-0.2, -0.15) is 0 Å². The molecule has 3 rings (SSSR count). The molecule has 199 valence electrons. The molecule has 0 aliphatic carbocycles. The Bertz CT molecular complexity index is 1050. The number of rotatable bonds is 8. The molecule has 0 aliphatic rings. The first-order chi connectivity index (χ1) is 16.8. The summed E-state index contributed by atoms with van der Waals surface area (Å²) in [5.74, 6) is 2.86. The summed E-state index contributed by atoms with van der Waals surface area (Å²) in [6.07, 6.45) is 0. The minimum absolute atomic E-state index is 0. The molecule has 3 aromatic carbocycles. The van der Waals surface area contributed by atoms with E-state index in [1.54, 1.807) is 0 Å². The minimum Gasteiger partial charge on any atom is -0.0610 e. The molecule has 0 aromatic heterocycles. The van der Waals surface area contributed by atoms with Crippen molar-refractivity contribution in [3.05, 3.63) is 81.9 Å². The molecule has 1 heteroatoms. The van der Waals surface area contributed by atoms with E-state index in [4.69, 9.17) is 0 Å². The van der Waals surface area contributed by atoms with Gasteiger partial charge in [0, 0.05) is 25.3 Å². The van der Waals surface area contributed by atoms with Crippen LogP contribution in [0.5, 0.6) is 0 Å². The van der Waals surface area contributed by atoms with Crippen LogP contribution in [0.3, 0.4) is 0 Å². The molecule has 0 spiro atoms. The van der Waals surface area contributed by atoms with Crippen LogP contribution >= 0.6 is 0 Å². The van der Waals surface area contributed by atoms with Crippen molar-refractivity contribution in [3.63, 3.8) is 0 Å². The molecule has 0 saturated carbocycles. The molecule has 3 aromatic rings. The summed E-state index contributed by atoms with van der Waals surface area (Å²) < 4.78 is 0. The van der Waals surface area contributed by atoms with Crippen LogP contribution in [0.2, 0.25) is 0 Å². The Labute approximate surface area is 247 Å². The molecule has 0 saturated heterocycles. The van der Waals surface area contributed by atoms with Crippen LogP contribution in [-0.4, -0.2) is 23.9 Å². The van der Waals surface area contributed by atoms with E-state index >= 15 is 0 Å². The molecule has 0 atom stereocenters. The molecule has 5 radical (unpaired) electrons. The minimum atomic E-state index is 0. The third kappa shape index (κ3) is 6.91. The van der Waals surface area contributed by atoms with Gasteiger partial charge in [0.05, 0.1) is 0 Å². The molecule has 0 fully saturated rings. The summed E-state index contributed by atoms with van der Waals surface area (Å²) in [7, 11) is 0. The summed E-state index contributed by atoms with van der Waals surface area (Å²) in [5.41, 5.74) is 13.9. The van der Waals surface area contributed by atoms with Crippen LogP contribution in [0.1, 0.15) is 153 Å². The third-order valence-corrected chi connectivity index (χ3v) is 7.60. The standard InChI is InChI=1S/C36H49.Sn.H2/c1-21(2)29-17-31(23(5)6)35(32(18-29)24(7)8)27-14-13-15-28(16-27)36-33(25(9)10)19-30(22(3)4)20-34(36)26(11)12;;/h13-15,17-26H,1-12H3;;1H. The van der Waals surface area contributed by atoms with Gasteiger partial charge in [-0.25, -0.2) is 0 Å². The fourth-order valence-electron chi connectivity index (χ4n) is 5.29. The number of hydrogen-bond acceptors (Lipinski definition) is 0. The second-order valence-corrected chi connectivity index (χ2v) is 12.6. The zero-order valence-electron chi connectivity index (χ0n) is 25.5. The largest absolute Gasteiger partial charge is 0.0610 e. The zero-order chi connectivity index (χ0) is 26.9. The molecular weight excluding hydrogens is 551 g/mol. The third-order valence-electron chi connectivity index (χ3n) is 7.60. The molecule has 0 heterocycles. The zero-order valence-corrected chi connectivity index (χ0v) is 28.4. The maximum atomic E-state index is 3.96. The predicted molar refractivity (Wildman–Crippen MR) is 169 cm³/mol. The van der Waals surface area contributed by atoms with Gasteiger partial charge in [-0.1, -0.05) is 126 Å². The molecule has 0 N–H and O–H groups in total. The van der Waals surface area contributed by atoms with Crippen molar-refractivity contribution in [2.24, 2.45) is 0 Å². The summed E-state index contributed by atoms with van der Waals surface area (Å²) in [6, 6.07) is 20.6. The van der Waals surface area contributed by atoms with Crippen LogP contribution in [0.4, 0.5) is 0 Å². The average Bonchev–Trinajstić information content (AvgIpc) is 2.81. The van der Waals surface area contributed by atoms with Crippen molar-refractivity contribution < 1.29 is 1.43 Å². The van der Waals surface area contributed by atoms with Gasteiger partial charge in [0.1, 0.15) is 0 Å². The first kappa shape index (κ1) is 31.7. The van der Waals surface area contributed by atoms with Gasteiger partial charge in [-0.3, -0.25) is 0 Å². The summed E-state index contributed by atoms with van der Waals surface area (Å²) >= 11 is 0. The van der Waals surface area contributed by atoms with E-state index in [-0.39, 0.29) is 25.3 Å². The summed E-state index contributed by atoms with van der Waals surface area (Å²) in [6.45, 7) is 27.8. The fraction of sp³-hybridized carbons (Fsp3) is 0.500. The van der Waals surface area contributed by atoms with Gasteiger partial charge < -0.3 is 0 Å². The molecule has 0 bridgehead atoms. The Morgan fingerprint density at radius 3 is 0.946 bits per heavy atom. The Balaban J connectivity index is 0.00000361. The number of hydrogen-bond donors (Lipinski definition) is 0. The fourth-order valence-corrected chi connectivity index (χ4v) is 5.29. The van der Waals surface area contributed by atoms with Crippen LogP contribution in [0, 0.1) is 6.07 Å². The predicted octanol–water partition coefficient (Wildman–Crippen LogP) is 11.4. The van der Waals surface area contributed by atoms with Crippen molar-refractivity contribution in [1.82, 2.24) is 0 Å². The van der Waals surface area contributed by atoms with Gasteiger partial charge in [0.15, 0.2) is 0 Å². The second kappa shape index (κ2) is 13.0. The monoisotopic (exact) mass is 603 g/mol. The van der Waals surface area contributed by atoms with Gasteiger partial charge in [0.25, 0.3) is 0 Å². The van der Waals surface area contributed by atoms with Gasteiger partial charge in [-0.15, -0.1) is 0 Å². The van der Waals surface area contributed by atoms with E-state index in [1.165, 1.54) is 55.6 Å². The van der Waals surface area contributed by atoms with Crippen LogP contribution in [0.25, 0.3) is 22.3 Å². The smallest absolute Gasteiger partial charge is 0 e. The average molecular weight is 603 g/mol. The van der Waals surface area contributed by atoms with E-state index < -0.39 is 0 Å². The van der Waals surface area contributed by atoms with E-state index in [9.17, 15) is 0 Å². The van der Waals surface area contributed by atoms with Crippen molar-refractivity contribution in [2.75, 3.05) is 0 Å². The van der Waals surface area contributed by atoms with E-state index in [0.29, 0.717) is 35.5 Å². The molecule has 0 nitrogen and oxygen atoms in total. The number of benzene rings is 3. The maximum absolute atomic E-state index is 3.96. The van der Waals surface area contributed by atoms with Crippen molar-refractivity contribution in [2.45, 2.75) is 119 Å².